The molecular weight excluding hydrogens is 264 g/mol. The Kier molecular flexibility index (Phi) is 5.66. The van der Waals surface area contributed by atoms with Gasteiger partial charge in [0.25, 0.3) is 0 Å². The molecule has 0 aliphatic heterocycles. The number of thiophene rings is 1. The summed E-state index contributed by atoms with van der Waals surface area (Å²) in [5.74, 6) is 5.49. The molecule has 0 bridgehead atoms. The fourth-order valence-corrected chi connectivity index (χ4v) is 2.84. The normalized spacial score (nSPS) is 13.1. The van der Waals surface area contributed by atoms with Gasteiger partial charge in [0.1, 0.15) is 0 Å². The first-order valence-corrected chi connectivity index (χ1v) is 6.28. The Labute approximate surface area is 96.7 Å². The molecule has 0 radical (unpaired) electrons. The minimum atomic E-state index is 0.169. The highest BCUT2D eigenvalue weighted by Gasteiger charge is 2.13. The second-order valence-electron chi connectivity index (χ2n) is 2.88. The molecule has 1 rings (SSSR count). The van der Waals surface area contributed by atoms with E-state index in [1.54, 1.807) is 11.3 Å². The third kappa shape index (κ3) is 3.33. The van der Waals surface area contributed by atoms with Gasteiger partial charge in [0.15, 0.2) is 0 Å². The predicted molar refractivity (Wildman–Crippen MR) is 63.2 cm³/mol. The average Bonchev–Trinajstić information content (AvgIpc) is 2.60. The zero-order chi connectivity index (χ0) is 10.4. The van der Waals surface area contributed by atoms with Crippen LogP contribution in [0.2, 0.25) is 0 Å². The molecule has 5 heteroatoms. The van der Waals surface area contributed by atoms with Crippen LogP contribution < -0.4 is 11.3 Å². The number of rotatable bonds is 6. The van der Waals surface area contributed by atoms with E-state index >= 15 is 0 Å². The van der Waals surface area contributed by atoms with Crippen LogP contribution in [0.5, 0.6) is 0 Å². The maximum absolute atomic E-state index is 5.49. The van der Waals surface area contributed by atoms with Crippen LogP contribution in [0.4, 0.5) is 0 Å². The lowest BCUT2D eigenvalue weighted by molar-refractivity contribution is 0.136. The summed E-state index contributed by atoms with van der Waals surface area (Å²) in [6, 6.07) is 0.169. The van der Waals surface area contributed by atoms with Gasteiger partial charge in [-0.25, -0.2) is 0 Å². The van der Waals surface area contributed by atoms with Crippen LogP contribution in [0.1, 0.15) is 24.9 Å². The number of hydrogen-bond donors (Lipinski definition) is 2. The van der Waals surface area contributed by atoms with Gasteiger partial charge in [-0.05, 0) is 40.2 Å². The van der Waals surface area contributed by atoms with E-state index in [0.717, 1.165) is 24.1 Å². The molecule has 1 aromatic heterocycles. The quantitative estimate of drug-likeness (QED) is 0.477. The SMILES string of the molecule is CCOCCC(NN)c1cscc1Br. The molecular formula is C9H15BrN2OS. The molecule has 0 amide bonds. The van der Waals surface area contributed by atoms with E-state index < -0.39 is 0 Å². The summed E-state index contributed by atoms with van der Waals surface area (Å²) in [5, 5.41) is 4.15. The van der Waals surface area contributed by atoms with Crippen molar-refractivity contribution in [2.24, 2.45) is 5.84 Å². The minimum absolute atomic E-state index is 0.169. The van der Waals surface area contributed by atoms with Crippen LogP contribution in [0.25, 0.3) is 0 Å². The van der Waals surface area contributed by atoms with Crippen molar-refractivity contribution >= 4 is 27.3 Å². The Hall–Kier alpha value is 0.0600. The molecule has 1 atom stereocenters. The van der Waals surface area contributed by atoms with E-state index in [1.165, 1.54) is 5.56 Å². The lowest BCUT2D eigenvalue weighted by Crippen LogP contribution is -2.28. The molecule has 3 nitrogen and oxygen atoms in total. The van der Waals surface area contributed by atoms with Crippen LogP contribution in [0.3, 0.4) is 0 Å². The topological polar surface area (TPSA) is 47.3 Å². The first-order chi connectivity index (χ1) is 6.79. The summed E-state index contributed by atoms with van der Waals surface area (Å²) in [6.45, 7) is 3.47. The molecule has 1 aromatic rings. The molecule has 0 spiro atoms. The van der Waals surface area contributed by atoms with Crippen molar-refractivity contribution in [2.45, 2.75) is 19.4 Å². The van der Waals surface area contributed by atoms with Crippen molar-refractivity contribution in [1.29, 1.82) is 0 Å². The van der Waals surface area contributed by atoms with Gasteiger partial charge in [-0.3, -0.25) is 11.3 Å². The predicted octanol–water partition coefficient (Wildman–Crippen LogP) is 2.44. The Balaban J connectivity index is 2.50. The first-order valence-electron chi connectivity index (χ1n) is 4.55. The van der Waals surface area contributed by atoms with Crippen molar-refractivity contribution in [2.75, 3.05) is 13.2 Å². The van der Waals surface area contributed by atoms with Gasteiger partial charge in [0.05, 0.1) is 6.04 Å². The Bertz CT molecular complexity index is 267. The summed E-state index contributed by atoms with van der Waals surface area (Å²) in [5.41, 5.74) is 4.01. The largest absolute Gasteiger partial charge is 0.382 e. The first kappa shape index (κ1) is 12.1. The lowest BCUT2D eigenvalue weighted by atomic mass is 10.1. The third-order valence-electron chi connectivity index (χ3n) is 1.97. The maximum Gasteiger partial charge on any atom is 0.0501 e. The number of hydrazine groups is 1. The molecule has 0 saturated carbocycles. The van der Waals surface area contributed by atoms with Crippen LogP contribution in [-0.4, -0.2) is 13.2 Å². The second kappa shape index (κ2) is 6.53. The number of hydrogen-bond acceptors (Lipinski definition) is 4. The summed E-state index contributed by atoms with van der Waals surface area (Å²) in [4.78, 5) is 0. The summed E-state index contributed by atoms with van der Waals surface area (Å²) in [7, 11) is 0. The number of nitrogens with two attached hydrogens (primary N) is 1. The van der Waals surface area contributed by atoms with Gasteiger partial charge >= 0.3 is 0 Å². The maximum atomic E-state index is 5.49. The highest BCUT2D eigenvalue weighted by atomic mass is 79.9. The Morgan fingerprint density at radius 1 is 1.64 bits per heavy atom. The molecule has 0 fully saturated rings. The van der Waals surface area contributed by atoms with Crippen molar-refractivity contribution in [1.82, 2.24) is 5.43 Å². The van der Waals surface area contributed by atoms with Gasteiger partial charge in [0.2, 0.25) is 0 Å². The van der Waals surface area contributed by atoms with Gasteiger partial charge in [0, 0.05) is 23.1 Å². The number of ether oxygens (including phenoxy) is 1. The molecule has 1 heterocycles. The highest BCUT2D eigenvalue weighted by molar-refractivity contribution is 9.10. The fourth-order valence-electron chi connectivity index (χ4n) is 1.21. The highest BCUT2D eigenvalue weighted by Crippen LogP contribution is 2.28. The summed E-state index contributed by atoms with van der Waals surface area (Å²) < 4.78 is 6.41. The second-order valence-corrected chi connectivity index (χ2v) is 4.48. The molecule has 0 saturated heterocycles. The monoisotopic (exact) mass is 278 g/mol. The Morgan fingerprint density at radius 3 is 2.93 bits per heavy atom. The van der Waals surface area contributed by atoms with Crippen LogP contribution in [-0.2, 0) is 4.74 Å². The van der Waals surface area contributed by atoms with E-state index in [2.05, 4.69) is 32.1 Å². The van der Waals surface area contributed by atoms with Crippen LogP contribution in [0.15, 0.2) is 15.2 Å². The van der Waals surface area contributed by atoms with Gasteiger partial charge < -0.3 is 4.74 Å². The molecule has 1 unspecified atom stereocenters. The van der Waals surface area contributed by atoms with Crippen molar-refractivity contribution in [3.63, 3.8) is 0 Å². The fraction of sp³-hybridized carbons (Fsp3) is 0.556. The molecule has 0 aromatic carbocycles. The van der Waals surface area contributed by atoms with E-state index in [4.69, 9.17) is 10.6 Å². The minimum Gasteiger partial charge on any atom is -0.382 e. The number of halogens is 1. The third-order valence-corrected chi connectivity index (χ3v) is 3.73. The van der Waals surface area contributed by atoms with Crippen LogP contribution >= 0.6 is 27.3 Å². The van der Waals surface area contributed by atoms with E-state index in [0.29, 0.717) is 0 Å². The van der Waals surface area contributed by atoms with Gasteiger partial charge in [-0.1, -0.05) is 0 Å². The molecule has 0 aliphatic carbocycles. The average molecular weight is 279 g/mol. The standard InChI is InChI=1S/C9H15BrN2OS/c1-2-13-4-3-9(12-11)7-5-14-6-8(7)10/h5-6,9,12H,2-4,11H2,1H3. The Morgan fingerprint density at radius 2 is 2.43 bits per heavy atom. The van der Waals surface area contributed by atoms with Gasteiger partial charge in [-0.2, -0.15) is 11.3 Å². The summed E-state index contributed by atoms with van der Waals surface area (Å²) in [6.07, 6.45) is 0.889. The smallest absolute Gasteiger partial charge is 0.0501 e. The molecule has 3 N–H and O–H groups in total. The molecule has 0 aliphatic rings. The van der Waals surface area contributed by atoms with E-state index in [-0.39, 0.29) is 6.04 Å². The lowest BCUT2D eigenvalue weighted by Gasteiger charge is -2.15. The zero-order valence-electron chi connectivity index (χ0n) is 8.13. The summed E-state index contributed by atoms with van der Waals surface area (Å²) >= 11 is 5.16. The van der Waals surface area contributed by atoms with E-state index in [9.17, 15) is 0 Å². The molecule has 80 valence electrons. The zero-order valence-corrected chi connectivity index (χ0v) is 10.5. The van der Waals surface area contributed by atoms with Crippen molar-refractivity contribution < 1.29 is 4.74 Å². The van der Waals surface area contributed by atoms with Gasteiger partial charge in [-0.15, -0.1) is 0 Å². The number of nitrogens with one attached hydrogen (secondary N) is 1. The van der Waals surface area contributed by atoms with Crippen molar-refractivity contribution in [3.8, 4) is 0 Å². The molecule has 14 heavy (non-hydrogen) atoms. The van der Waals surface area contributed by atoms with E-state index in [1.807, 2.05) is 6.92 Å². The van der Waals surface area contributed by atoms with Crippen molar-refractivity contribution in [3.05, 3.63) is 20.8 Å². The van der Waals surface area contributed by atoms with Crippen LogP contribution in [0, 0.1) is 0 Å².